The molecule has 1 aliphatic heterocycles. The van der Waals surface area contributed by atoms with Gasteiger partial charge in [-0.15, -0.1) is 0 Å². The summed E-state index contributed by atoms with van der Waals surface area (Å²) < 4.78 is 5.57. The Morgan fingerprint density at radius 1 is 1.11 bits per heavy atom. The summed E-state index contributed by atoms with van der Waals surface area (Å²) >= 11 is 0. The molecule has 0 unspecified atom stereocenters. The topological polar surface area (TPSA) is 103 Å². The van der Waals surface area contributed by atoms with Gasteiger partial charge in [-0.05, 0) is 49.2 Å². The summed E-state index contributed by atoms with van der Waals surface area (Å²) in [4.78, 5) is 25.0. The van der Waals surface area contributed by atoms with Gasteiger partial charge in [-0.1, -0.05) is 24.3 Å². The van der Waals surface area contributed by atoms with Crippen molar-refractivity contribution >= 4 is 11.9 Å². The van der Waals surface area contributed by atoms with Crippen molar-refractivity contribution in [3.05, 3.63) is 54.1 Å². The summed E-state index contributed by atoms with van der Waals surface area (Å²) in [5, 5.41) is 21.6. The lowest BCUT2D eigenvalue weighted by atomic mass is 10.0. The maximum Gasteiger partial charge on any atom is 0.325 e. The molecule has 144 valence electrons. The highest BCUT2D eigenvalue weighted by molar-refractivity contribution is 6.06. The van der Waals surface area contributed by atoms with Crippen LogP contribution >= 0.6 is 0 Å². The van der Waals surface area contributed by atoms with E-state index < -0.39 is 17.7 Å². The molecule has 1 saturated heterocycles. The Hall–Kier alpha value is -3.37. The van der Waals surface area contributed by atoms with Crippen LogP contribution in [-0.4, -0.2) is 46.7 Å². The second-order valence-electron chi connectivity index (χ2n) is 7.15. The molecule has 0 spiro atoms. The van der Waals surface area contributed by atoms with Gasteiger partial charge >= 0.3 is 6.03 Å². The minimum atomic E-state index is -0.998. The molecule has 7 nitrogen and oxygen atoms in total. The fourth-order valence-electron chi connectivity index (χ4n) is 2.92. The molecule has 0 aliphatic carbocycles. The van der Waals surface area contributed by atoms with Gasteiger partial charge in [0.15, 0.2) is 0 Å². The van der Waals surface area contributed by atoms with Crippen LogP contribution in [-0.2, 0) is 4.79 Å². The number of β-amino-alcohol motifs (C(OH)–C–C–N with tert-alkyl or cyclic N) is 1. The summed E-state index contributed by atoms with van der Waals surface area (Å²) in [6, 6.07) is 16.1. The SMILES string of the molecule is CC1(C)NC(=O)N(C[C@H](O)COc2ccc(-c3ccc(C#N)cc3)cc2)C1=O. The Labute approximate surface area is 163 Å². The number of imide groups is 1. The third-order valence-corrected chi connectivity index (χ3v) is 4.48. The number of hydrogen-bond acceptors (Lipinski definition) is 5. The molecular formula is C21H21N3O4. The van der Waals surface area contributed by atoms with E-state index in [-0.39, 0.29) is 19.1 Å². The zero-order valence-corrected chi connectivity index (χ0v) is 15.7. The maximum atomic E-state index is 12.1. The van der Waals surface area contributed by atoms with E-state index in [0.29, 0.717) is 11.3 Å². The number of aliphatic hydroxyl groups is 1. The van der Waals surface area contributed by atoms with Gasteiger partial charge in [0.2, 0.25) is 0 Å². The number of nitrogens with one attached hydrogen (secondary N) is 1. The summed E-state index contributed by atoms with van der Waals surface area (Å²) in [5.74, 6) is 0.192. The number of carbonyl (C=O) groups is 2. The van der Waals surface area contributed by atoms with Crippen molar-refractivity contribution in [2.45, 2.75) is 25.5 Å². The Morgan fingerprint density at radius 2 is 1.68 bits per heavy atom. The number of ether oxygens (including phenoxy) is 1. The lowest BCUT2D eigenvalue weighted by Crippen LogP contribution is -2.42. The van der Waals surface area contributed by atoms with E-state index in [2.05, 4.69) is 11.4 Å². The predicted octanol–water partition coefficient (Wildman–Crippen LogP) is 2.30. The fraction of sp³-hybridized carbons (Fsp3) is 0.286. The van der Waals surface area contributed by atoms with E-state index >= 15 is 0 Å². The smallest absolute Gasteiger partial charge is 0.325 e. The van der Waals surface area contributed by atoms with Gasteiger partial charge < -0.3 is 15.2 Å². The molecule has 28 heavy (non-hydrogen) atoms. The summed E-state index contributed by atoms with van der Waals surface area (Å²) in [7, 11) is 0. The molecule has 0 radical (unpaired) electrons. The first-order valence-electron chi connectivity index (χ1n) is 8.86. The second-order valence-corrected chi connectivity index (χ2v) is 7.15. The van der Waals surface area contributed by atoms with Gasteiger partial charge in [0.05, 0.1) is 18.2 Å². The number of aliphatic hydroxyl groups excluding tert-OH is 1. The van der Waals surface area contributed by atoms with Crippen LogP contribution in [0.15, 0.2) is 48.5 Å². The number of nitriles is 1. The second kappa shape index (κ2) is 7.71. The van der Waals surface area contributed by atoms with Crippen LogP contribution in [0.5, 0.6) is 5.75 Å². The highest BCUT2D eigenvalue weighted by Crippen LogP contribution is 2.23. The van der Waals surface area contributed by atoms with Gasteiger partial charge in [-0.2, -0.15) is 5.26 Å². The molecule has 1 atom stereocenters. The van der Waals surface area contributed by atoms with E-state index in [1.165, 1.54) is 0 Å². The number of hydrogen-bond donors (Lipinski definition) is 2. The summed E-state index contributed by atoms with van der Waals surface area (Å²) in [6.07, 6.45) is -0.998. The standard InChI is InChI=1S/C21H21N3O4/c1-21(2)19(26)24(20(27)23-21)12-17(25)13-28-18-9-7-16(8-10-18)15-5-3-14(11-22)4-6-15/h3-10,17,25H,12-13H2,1-2H3,(H,23,27)/t17-/m0/s1. The first kappa shape index (κ1) is 19.4. The largest absolute Gasteiger partial charge is 0.491 e. The average molecular weight is 379 g/mol. The number of amides is 3. The van der Waals surface area contributed by atoms with Crippen LogP contribution in [0.25, 0.3) is 11.1 Å². The van der Waals surface area contributed by atoms with Crippen molar-refractivity contribution < 1.29 is 19.4 Å². The van der Waals surface area contributed by atoms with Crippen LogP contribution in [0, 0.1) is 11.3 Å². The van der Waals surface area contributed by atoms with E-state index in [4.69, 9.17) is 10.00 Å². The number of nitrogens with zero attached hydrogens (tertiary/aromatic N) is 2. The predicted molar refractivity (Wildman–Crippen MR) is 102 cm³/mol. The van der Waals surface area contributed by atoms with Crippen LogP contribution in [0.1, 0.15) is 19.4 Å². The van der Waals surface area contributed by atoms with E-state index in [9.17, 15) is 14.7 Å². The van der Waals surface area contributed by atoms with E-state index in [0.717, 1.165) is 16.0 Å². The minimum Gasteiger partial charge on any atom is -0.491 e. The summed E-state index contributed by atoms with van der Waals surface area (Å²) in [5.41, 5.74) is 1.59. The Kier molecular flexibility index (Phi) is 5.34. The molecule has 1 aliphatic rings. The van der Waals surface area contributed by atoms with E-state index in [1.54, 1.807) is 38.1 Å². The zero-order chi connectivity index (χ0) is 20.3. The molecule has 1 fully saturated rings. The zero-order valence-electron chi connectivity index (χ0n) is 15.7. The molecule has 3 rings (SSSR count). The van der Waals surface area contributed by atoms with E-state index in [1.807, 2.05) is 24.3 Å². The number of benzene rings is 2. The monoisotopic (exact) mass is 379 g/mol. The quantitative estimate of drug-likeness (QED) is 0.750. The molecule has 0 bridgehead atoms. The van der Waals surface area contributed by atoms with Crippen LogP contribution in [0.2, 0.25) is 0 Å². The summed E-state index contributed by atoms with van der Waals surface area (Å²) in [6.45, 7) is 3.06. The van der Waals surface area contributed by atoms with Crippen molar-refractivity contribution in [1.82, 2.24) is 10.2 Å². The Morgan fingerprint density at radius 3 is 2.18 bits per heavy atom. The van der Waals surface area contributed by atoms with Gasteiger partial charge in [0, 0.05) is 0 Å². The van der Waals surface area contributed by atoms with Crippen LogP contribution < -0.4 is 10.1 Å². The lowest BCUT2D eigenvalue weighted by Gasteiger charge is -2.19. The molecular weight excluding hydrogens is 358 g/mol. The molecule has 2 aromatic rings. The Bertz CT molecular complexity index is 914. The molecule has 1 heterocycles. The molecule has 2 aromatic carbocycles. The minimum absolute atomic E-state index is 0.0479. The van der Waals surface area contributed by atoms with Crippen molar-refractivity contribution in [2.75, 3.05) is 13.2 Å². The van der Waals surface area contributed by atoms with Gasteiger partial charge in [0.1, 0.15) is 24.0 Å². The first-order valence-corrected chi connectivity index (χ1v) is 8.86. The van der Waals surface area contributed by atoms with Crippen molar-refractivity contribution in [3.63, 3.8) is 0 Å². The number of rotatable bonds is 6. The van der Waals surface area contributed by atoms with Crippen molar-refractivity contribution in [1.29, 1.82) is 5.26 Å². The third-order valence-electron chi connectivity index (χ3n) is 4.48. The Balaban J connectivity index is 1.55. The van der Waals surface area contributed by atoms with Gasteiger partial charge in [-0.25, -0.2) is 4.79 Å². The normalized spacial score (nSPS) is 16.4. The van der Waals surface area contributed by atoms with Crippen LogP contribution in [0.3, 0.4) is 0 Å². The van der Waals surface area contributed by atoms with Crippen molar-refractivity contribution in [3.8, 4) is 22.9 Å². The lowest BCUT2D eigenvalue weighted by molar-refractivity contribution is -0.131. The number of carbonyl (C=O) groups excluding carboxylic acids is 2. The van der Waals surface area contributed by atoms with Crippen LogP contribution in [0.4, 0.5) is 4.79 Å². The molecule has 2 N–H and O–H groups in total. The highest BCUT2D eigenvalue weighted by Gasteiger charge is 2.44. The van der Waals surface area contributed by atoms with Gasteiger partial charge in [-0.3, -0.25) is 9.69 Å². The average Bonchev–Trinajstić information content (AvgIpc) is 2.88. The third kappa shape index (κ3) is 4.13. The number of urea groups is 1. The maximum absolute atomic E-state index is 12.1. The first-order chi connectivity index (χ1) is 13.3. The molecule has 0 saturated carbocycles. The van der Waals surface area contributed by atoms with Gasteiger partial charge in [0.25, 0.3) is 5.91 Å². The highest BCUT2D eigenvalue weighted by atomic mass is 16.5. The molecule has 7 heteroatoms. The molecule has 0 aromatic heterocycles. The van der Waals surface area contributed by atoms with Crippen molar-refractivity contribution in [2.24, 2.45) is 0 Å². The fourth-order valence-corrected chi connectivity index (χ4v) is 2.92. The molecule has 3 amide bonds.